The highest BCUT2D eigenvalue weighted by atomic mass is 32.2. The van der Waals surface area contributed by atoms with Crippen LogP contribution in [0.3, 0.4) is 0 Å². The number of carbonyl (C=O) groups is 2. The summed E-state index contributed by atoms with van der Waals surface area (Å²) in [5.41, 5.74) is 4.59. The van der Waals surface area contributed by atoms with Crippen LogP contribution >= 0.6 is 11.8 Å². The van der Waals surface area contributed by atoms with Crippen molar-refractivity contribution in [3.05, 3.63) is 82.5 Å². The summed E-state index contributed by atoms with van der Waals surface area (Å²) in [4.78, 5) is 25.2. The molecule has 2 heterocycles. The fourth-order valence-electron chi connectivity index (χ4n) is 3.27. The predicted octanol–water partition coefficient (Wildman–Crippen LogP) is 3.51. The maximum Gasteiger partial charge on any atom is 0.256 e. The maximum absolute atomic E-state index is 12.8. The molecule has 0 fully saturated rings. The van der Waals surface area contributed by atoms with Gasteiger partial charge < -0.3 is 10.6 Å². The van der Waals surface area contributed by atoms with Crippen molar-refractivity contribution >= 4 is 29.4 Å². The molecule has 3 aromatic rings. The van der Waals surface area contributed by atoms with Crippen LogP contribution in [0.2, 0.25) is 0 Å². The van der Waals surface area contributed by atoms with E-state index in [1.807, 2.05) is 55.5 Å². The zero-order chi connectivity index (χ0) is 20.2. The number of amides is 2. The van der Waals surface area contributed by atoms with Gasteiger partial charge in [-0.25, -0.2) is 4.68 Å². The molecular weight excluding hydrogens is 384 g/mol. The second-order valence-corrected chi connectivity index (χ2v) is 8.00. The van der Waals surface area contributed by atoms with E-state index >= 15 is 0 Å². The lowest BCUT2D eigenvalue weighted by Crippen LogP contribution is -2.28. The number of nitrogens with one attached hydrogen (secondary N) is 2. The van der Waals surface area contributed by atoms with E-state index in [0.29, 0.717) is 17.9 Å². The predicted molar refractivity (Wildman–Crippen MR) is 115 cm³/mol. The van der Waals surface area contributed by atoms with Crippen LogP contribution in [0.4, 0.5) is 5.82 Å². The van der Waals surface area contributed by atoms with Gasteiger partial charge in [0.1, 0.15) is 12.4 Å². The summed E-state index contributed by atoms with van der Waals surface area (Å²) in [6.45, 7) is 2.47. The van der Waals surface area contributed by atoms with Gasteiger partial charge in [0.2, 0.25) is 5.91 Å². The van der Waals surface area contributed by atoms with Crippen molar-refractivity contribution < 1.29 is 9.59 Å². The van der Waals surface area contributed by atoms with Crippen molar-refractivity contribution in [2.75, 3.05) is 5.32 Å². The number of aromatic nitrogens is 2. The highest BCUT2D eigenvalue weighted by Crippen LogP contribution is 2.34. The fraction of sp³-hybridized carbons (Fsp3) is 0.227. The normalized spacial score (nSPS) is 12.4. The van der Waals surface area contributed by atoms with Gasteiger partial charge in [-0.05, 0) is 24.6 Å². The molecule has 0 radical (unpaired) electrons. The van der Waals surface area contributed by atoms with Crippen molar-refractivity contribution in [2.45, 2.75) is 31.5 Å². The van der Waals surface area contributed by atoms with Gasteiger partial charge in [-0.3, -0.25) is 9.59 Å². The lowest BCUT2D eigenvalue weighted by atomic mass is 10.1. The molecule has 4 rings (SSSR count). The molecule has 7 heteroatoms. The lowest BCUT2D eigenvalue weighted by Gasteiger charge is -2.12. The summed E-state index contributed by atoms with van der Waals surface area (Å²) >= 11 is 1.76. The van der Waals surface area contributed by atoms with Gasteiger partial charge in [0.25, 0.3) is 5.91 Å². The maximum atomic E-state index is 12.8. The second kappa shape index (κ2) is 8.53. The summed E-state index contributed by atoms with van der Waals surface area (Å²) in [6, 6.07) is 17.2. The molecule has 2 amide bonds. The molecule has 1 aliphatic rings. The van der Waals surface area contributed by atoms with Crippen LogP contribution in [0.25, 0.3) is 0 Å². The third kappa shape index (κ3) is 4.51. The molecule has 0 bridgehead atoms. The Morgan fingerprint density at radius 3 is 2.72 bits per heavy atom. The molecule has 6 nitrogen and oxygen atoms in total. The minimum absolute atomic E-state index is 0.0634. The summed E-state index contributed by atoms with van der Waals surface area (Å²) < 4.78 is 1.61. The molecule has 29 heavy (non-hydrogen) atoms. The van der Waals surface area contributed by atoms with Crippen molar-refractivity contribution in [3.63, 3.8) is 0 Å². The largest absolute Gasteiger partial charge is 0.350 e. The number of nitrogens with zero attached hydrogens (tertiary/aromatic N) is 2. The summed E-state index contributed by atoms with van der Waals surface area (Å²) in [6.07, 6.45) is 0. The first-order valence-electron chi connectivity index (χ1n) is 9.45. The highest BCUT2D eigenvalue weighted by molar-refractivity contribution is 7.98. The average molecular weight is 407 g/mol. The van der Waals surface area contributed by atoms with E-state index in [4.69, 9.17) is 0 Å². The molecule has 1 aliphatic heterocycles. The number of carbonyl (C=O) groups excluding carboxylic acids is 2. The summed E-state index contributed by atoms with van der Waals surface area (Å²) in [5, 5.41) is 10.5. The Kier molecular flexibility index (Phi) is 5.67. The minimum atomic E-state index is -0.195. The summed E-state index contributed by atoms with van der Waals surface area (Å²) in [5.74, 6) is 1.85. The number of thioether (sulfide) groups is 1. The molecule has 2 aromatic carbocycles. The SMILES string of the molecule is Cc1cccc(C(=O)Nc2c3c(nn2CC(=O)NCc2ccccc2)CSC3)c1. The molecule has 0 spiro atoms. The monoisotopic (exact) mass is 406 g/mol. The van der Waals surface area contributed by atoms with Crippen LogP contribution in [0.15, 0.2) is 54.6 Å². The first-order valence-corrected chi connectivity index (χ1v) is 10.6. The van der Waals surface area contributed by atoms with Gasteiger partial charge in [-0.15, -0.1) is 0 Å². The number of fused-ring (bicyclic) bond motifs is 1. The number of anilines is 1. The average Bonchev–Trinajstić information content (AvgIpc) is 3.30. The van der Waals surface area contributed by atoms with E-state index in [9.17, 15) is 9.59 Å². The van der Waals surface area contributed by atoms with E-state index in [0.717, 1.165) is 33.9 Å². The van der Waals surface area contributed by atoms with Gasteiger partial charge in [-0.2, -0.15) is 16.9 Å². The van der Waals surface area contributed by atoms with Gasteiger partial charge in [0, 0.05) is 29.2 Å². The van der Waals surface area contributed by atoms with Gasteiger partial charge >= 0.3 is 0 Å². The van der Waals surface area contributed by atoms with Crippen molar-refractivity contribution in [1.82, 2.24) is 15.1 Å². The molecule has 1 aromatic heterocycles. The zero-order valence-corrected chi connectivity index (χ0v) is 17.0. The Labute approximate surface area is 173 Å². The number of hydrogen-bond donors (Lipinski definition) is 2. The fourth-order valence-corrected chi connectivity index (χ4v) is 4.31. The quantitative estimate of drug-likeness (QED) is 0.657. The van der Waals surface area contributed by atoms with Crippen LogP contribution in [-0.4, -0.2) is 21.6 Å². The van der Waals surface area contributed by atoms with Gasteiger partial charge in [-0.1, -0.05) is 48.0 Å². The third-order valence-electron chi connectivity index (χ3n) is 4.76. The van der Waals surface area contributed by atoms with E-state index in [2.05, 4.69) is 15.7 Å². The van der Waals surface area contributed by atoms with Crippen LogP contribution in [0.5, 0.6) is 0 Å². The first-order chi connectivity index (χ1) is 14.1. The van der Waals surface area contributed by atoms with E-state index < -0.39 is 0 Å². The Balaban J connectivity index is 1.49. The second-order valence-electron chi connectivity index (χ2n) is 7.01. The number of aryl methyl sites for hydroxylation is 1. The molecule has 0 aliphatic carbocycles. The molecular formula is C22H22N4O2S. The number of rotatable bonds is 6. The third-order valence-corrected chi connectivity index (χ3v) is 5.73. The lowest BCUT2D eigenvalue weighted by molar-refractivity contribution is -0.122. The Morgan fingerprint density at radius 2 is 1.93 bits per heavy atom. The van der Waals surface area contributed by atoms with Crippen molar-refractivity contribution in [1.29, 1.82) is 0 Å². The highest BCUT2D eigenvalue weighted by Gasteiger charge is 2.25. The number of hydrogen-bond acceptors (Lipinski definition) is 4. The zero-order valence-electron chi connectivity index (χ0n) is 16.1. The Morgan fingerprint density at radius 1 is 1.10 bits per heavy atom. The molecule has 0 saturated carbocycles. The molecule has 2 N–H and O–H groups in total. The molecule has 0 atom stereocenters. The molecule has 148 valence electrons. The Bertz CT molecular complexity index is 1050. The van der Waals surface area contributed by atoms with Gasteiger partial charge in [0.05, 0.1) is 5.69 Å². The first kappa shape index (κ1) is 19.3. The summed E-state index contributed by atoms with van der Waals surface area (Å²) in [7, 11) is 0. The van der Waals surface area contributed by atoms with Crippen LogP contribution in [0, 0.1) is 6.92 Å². The van der Waals surface area contributed by atoms with Crippen molar-refractivity contribution in [3.8, 4) is 0 Å². The van der Waals surface area contributed by atoms with Crippen molar-refractivity contribution in [2.24, 2.45) is 0 Å². The molecule has 0 saturated heterocycles. The van der Waals surface area contributed by atoms with Crippen LogP contribution in [0.1, 0.15) is 32.7 Å². The smallest absolute Gasteiger partial charge is 0.256 e. The van der Waals surface area contributed by atoms with E-state index in [1.165, 1.54) is 0 Å². The Hall–Kier alpha value is -3.06. The minimum Gasteiger partial charge on any atom is -0.350 e. The number of benzene rings is 2. The van der Waals surface area contributed by atoms with Crippen LogP contribution in [-0.2, 0) is 29.4 Å². The van der Waals surface area contributed by atoms with Crippen LogP contribution < -0.4 is 10.6 Å². The topological polar surface area (TPSA) is 76.0 Å². The van der Waals surface area contributed by atoms with Gasteiger partial charge in [0.15, 0.2) is 0 Å². The van der Waals surface area contributed by atoms with E-state index in [1.54, 1.807) is 22.5 Å². The van der Waals surface area contributed by atoms with E-state index in [-0.39, 0.29) is 18.4 Å². The standard InChI is InChI=1S/C22H22N4O2S/c1-15-6-5-9-17(10-15)22(28)24-21-18-13-29-14-19(18)25-26(21)12-20(27)23-11-16-7-3-2-4-8-16/h2-10H,11-14H2,1H3,(H,23,27)(H,24,28). The molecule has 0 unspecified atom stereocenters.